The largest absolute Gasteiger partial charge is 0.480 e. The standard InChI is InChI=1S/C54H92NO10P/c1-3-5-7-9-11-13-15-17-19-21-23-24-25-26-28-29-31-33-35-37-39-41-43-45-52(56)62-47-50(48-63-66(60,61)64-49-51(55)54(58)59)65-53(57)46-44-42-40-38-36-34-32-30-27-22-20-18-16-14-12-10-8-6-4-2/h6,8,12,14,18,20-21,23,27,30,34,36,40,42,50-51H,3-5,7,9-11,13,15-17,19,22,24-26,28-29,31-33,35,37-39,41,43-49,55H2,1-2H3,(H,58,59)(H,60,61)/b8-6-,14-12-,20-18-,23-21-,30-27-,36-34-,42-40-. The van der Waals surface area contributed by atoms with Gasteiger partial charge in [0, 0.05) is 12.8 Å². The van der Waals surface area contributed by atoms with Crippen LogP contribution in [0.4, 0.5) is 0 Å². The van der Waals surface area contributed by atoms with Crippen molar-refractivity contribution in [1.29, 1.82) is 0 Å². The number of phosphoric ester groups is 1. The van der Waals surface area contributed by atoms with Crippen molar-refractivity contribution in [3.63, 3.8) is 0 Å². The fourth-order valence-electron chi connectivity index (χ4n) is 6.67. The number of hydrogen-bond acceptors (Lipinski definition) is 9. The molecule has 66 heavy (non-hydrogen) atoms. The molecule has 0 fully saturated rings. The van der Waals surface area contributed by atoms with E-state index >= 15 is 0 Å². The third-order valence-electron chi connectivity index (χ3n) is 10.6. The van der Waals surface area contributed by atoms with Gasteiger partial charge in [0.15, 0.2) is 6.10 Å². The van der Waals surface area contributed by atoms with Crippen LogP contribution < -0.4 is 5.73 Å². The number of carboxylic acids is 1. The van der Waals surface area contributed by atoms with Crippen molar-refractivity contribution < 1.29 is 47.5 Å². The molecule has 11 nitrogen and oxygen atoms in total. The second kappa shape index (κ2) is 48.1. The van der Waals surface area contributed by atoms with Crippen molar-refractivity contribution in [3.8, 4) is 0 Å². The number of aliphatic carboxylic acids is 1. The minimum absolute atomic E-state index is 0.0324. The van der Waals surface area contributed by atoms with Crippen LogP contribution in [-0.4, -0.2) is 59.9 Å². The number of esters is 2. The monoisotopic (exact) mass is 946 g/mol. The molecule has 378 valence electrons. The maximum atomic E-state index is 12.6. The zero-order chi connectivity index (χ0) is 48.4. The first-order chi connectivity index (χ1) is 32.1. The summed E-state index contributed by atoms with van der Waals surface area (Å²) in [6.45, 7) is 2.63. The molecule has 0 saturated carbocycles. The van der Waals surface area contributed by atoms with Crippen LogP contribution in [0.3, 0.4) is 0 Å². The molecule has 12 heteroatoms. The SMILES string of the molecule is CC/C=C\C/C=C\C/C=C\C/C=C\C/C=C\C/C=C\CCC(=O)OC(COC(=O)CCCCCCCCCCCCC/C=C\CCCCCCCCCC)COP(=O)(O)OCC(N)C(=O)O. The molecule has 0 aromatic heterocycles. The Morgan fingerprint density at radius 1 is 0.485 bits per heavy atom. The zero-order valence-corrected chi connectivity index (χ0v) is 42.2. The van der Waals surface area contributed by atoms with Gasteiger partial charge in [0.25, 0.3) is 0 Å². The number of carbonyl (C=O) groups is 3. The van der Waals surface area contributed by atoms with Gasteiger partial charge in [0.2, 0.25) is 0 Å². The molecule has 0 saturated heterocycles. The number of hydrogen-bond donors (Lipinski definition) is 3. The summed E-state index contributed by atoms with van der Waals surface area (Å²) in [7, 11) is -4.75. The number of ether oxygens (including phenoxy) is 2. The van der Waals surface area contributed by atoms with E-state index in [1.807, 2.05) is 12.2 Å². The zero-order valence-electron chi connectivity index (χ0n) is 41.3. The van der Waals surface area contributed by atoms with Gasteiger partial charge in [-0.3, -0.25) is 23.4 Å². The van der Waals surface area contributed by atoms with Gasteiger partial charge in [-0.15, -0.1) is 0 Å². The predicted octanol–water partition coefficient (Wildman–Crippen LogP) is 14.6. The summed E-state index contributed by atoms with van der Waals surface area (Å²) in [4.78, 5) is 46.1. The molecular formula is C54H92NO10P. The Kier molecular flexibility index (Phi) is 45.7. The highest BCUT2D eigenvalue weighted by Gasteiger charge is 2.28. The average molecular weight is 946 g/mol. The van der Waals surface area contributed by atoms with Crippen LogP contribution in [0, 0.1) is 0 Å². The maximum absolute atomic E-state index is 12.6. The number of carboxylic acid groups (broad SMARTS) is 1. The summed E-state index contributed by atoms with van der Waals surface area (Å²) in [5.74, 6) is -2.49. The highest BCUT2D eigenvalue weighted by molar-refractivity contribution is 7.47. The second-order valence-electron chi connectivity index (χ2n) is 16.9. The molecule has 4 N–H and O–H groups in total. The fourth-order valence-corrected chi connectivity index (χ4v) is 7.45. The van der Waals surface area contributed by atoms with E-state index in [2.05, 4.69) is 91.3 Å². The van der Waals surface area contributed by atoms with Gasteiger partial charge in [0.1, 0.15) is 12.6 Å². The van der Waals surface area contributed by atoms with Crippen molar-refractivity contribution in [2.24, 2.45) is 5.73 Å². The summed E-state index contributed by atoms with van der Waals surface area (Å²) in [6.07, 6.45) is 61.0. The van der Waals surface area contributed by atoms with E-state index < -0.39 is 51.1 Å². The average Bonchev–Trinajstić information content (AvgIpc) is 3.30. The molecule has 0 spiro atoms. The van der Waals surface area contributed by atoms with Crippen LogP contribution in [0.1, 0.15) is 206 Å². The molecule has 0 aliphatic rings. The highest BCUT2D eigenvalue weighted by Crippen LogP contribution is 2.43. The van der Waals surface area contributed by atoms with Gasteiger partial charge in [-0.1, -0.05) is 202 Å². The third-order valence-corrected chi connectivity index (χ3v) is 11.6. The van der Waals surface area contributed by atoms with E-state index in [-0.39, 0.29) is 19.4 Å². The van der Waals surface area contributed by atoms with Gasteiger partial charge < -0.3 is 25.2 Å². The van der Waals surface area contributed by atoms with Gasteiger partial charge >= 0.3 is 25.7 Å². The van der Waals surface area contributed by atoms with Gasteiger partial charge in [-0.05, 0) is 77.0 Å². The first kappa shape index (κ1) is 62.7. The van der Waals surface area contributed by atoms with Gasteiger partial charge in [-0.25, -0.2) is 4.57 Å². The maximum Gasteiger partial charge on any atom is 0.472 e. The summed E-state index contributed by atoms with van der Waals surface area (Å²) < 4.78 is 32.7. The molecule has 0 rings (SSSR count). The summed E-state index contributed by atoms with van der Waals surface area (Å²) in [5.41, 5.74) is 5.35. The number of rotatable bonds is 47. The van der Waals surface area contributed by atoms with E-state index in [9.17, 15) is 23.8 Å². The van der Waals surface area contributed by atoms with Crippen LogP contribution >= 0.6 is 7.82 Å². The minimum Gasteiger partial charge on any atom is -0.480 e. The Morgan fingerprint density at radius 3 is 1.33 bits per heavy atom. The normalized spacial score (nSPS) is 14.2. The number of carbonyl (C=O) groups excluding carboxylic acids is 2. The van der Waals surface area contributed by atoms with E-state index in [0.29, 0.717) is 19.3 Å². The molecule has 0 amide bonds. The molecule has 3 unspecified atom stereocenters. The topological polar surface area (TPSA) is 172 Å². The Bertz CT molecular complexity index is 1440. The minimum atomic E-state index is -4.75. The highest BCUT2D eigenvalue weighted by atomic mass is 31.2. The molecule has 0 bridgehead atoms. The first-order valence-corrected chi connectivity index (χ1v) is 27.1. The van der Waals surface area contributed by atoms with Crippen LogP contribution in [0.5, 0.6) is 0 Å². The molecule has 0 radical (unpaired) electrons. The third kappa shape index (κ3) is 47.2. The molecular weight excluding hydrogens is 854 g/mol. The quantitative estimate of drug-likeness (QED) is 0.0229. The van der Waals surface area contributed by atoms with E-state index in [0.717, 1.165) is 51.4 Å². The van der Waals surface area contributed by atoms with Crippen molar-refractivity contribution in [3.05, 3.63) is 85.1 Å². The Labute approximate surface area is 401 Å². The second-order valence-corrected chi connectivity index (χ2v) is 18.4. The first-order valence-electron chi connectivity index (χ1n) is 25.6. The molecule has 0 aliphatic carbocycles. The molecule has 0 heterocycles. The smallest absolute Gasteiger partial charge is 0.472 e. The lowest BCUT2D eigenvalue weighted by atomic mass is 10.0. The summed E-state index contributed by atoms with van der Waals surface area (Å²) in [5, 5.41) is 8.92. The number of phosphoric acid groups is 1. The Hall–Kier alpha value is -3.34. The van der Waals surface area contributed by atoms with E-state index in [4.69, 9.17) is 24.8 Å². The lowest BCUT2D eigenvalue weighted by Gasteiger charge is -2.20. The fraction of sp³-hybridized carbons (Fsp3) is 0.685. The predicted molar refractivity (Wildman–Crippen MR) is 272 cm³/mol. The van der Waals surface area contributed by atoms with Crippen LogP contribution in [-0.2, 0) is 37.5 Å². The lowest BCUT2D eigenvalue weighted by molar-refractivity contribution is -0.161. The summed E-state index contributed by atoms with van der Waals surface area (Å²) >= 11 is 0. The van der Waals surface area contributed by atoms with Crippen LogP contribution in [0.15, 0.2) is 85.1 Å². The van der Waals surface area contributed by atoms with Crippen molar-refractivity contribution in [2.45, 2.75) is 219 Å². The number of allylic oxidation sites excluding steroid dienone is 14. The number of unbranched alkanes of at least 4 members (excludes halogenated alkanes) is 19. The van der Waals surface area contributed by atoms with Gasteiger partial charge in [-0.2, -0.15) is 0 Å². The van der Waals surface area contributed by atoms with Crippen molar-refractivity contribution in [1.82, 2.24) is 0 Å². The Balaban J connectivity index is 4.34. The van der Waals surface area contributed by atoms with E-state index in [1.165, 1.54) is 109 Å². The number of nitrogens with two attached hydrogens (primary N) is 1. The van der Waals surface area contributed by atoms with Crippen molar-refractivity contribution >= 4 is 25.7 Å². The van der Waals surface area contributed by atoms with Crippen LogP contribution in [0.2, 0.25) is 0 Å². The molecule has 0 aromatic carbocycles. The Morgan fingerprint density at radius 2 is 0.879 bits per heavy atom. The molecule has 0 aromatic rings. The molecule has 3 atom stereocenters. The van der Waals surface area contributed by atoms with Gasteiger partial charge in [0.05, 0.1) is 13.2 Å². The lowest BCUT2D eigenvalue weighted by Crippen LogP contribution is -2.34. The van der Waals surface area contributed by atoms with Crippen LogP contribution in [0.25, 0.3) is 0 Å². The molecule has 0 aliphatic heterocycles. The summed E-state index contributed by atoms with van der Waals surface area (Å²) in [6, 6.07) is -1.54. The van der Waals surface area contributed by atoms with E-state index in [1.54, 1.807) is 0 Å². The van der Waals surface area contributed by atoms with Crippen molar-refractivity contribution in [2.75, 3.05) is 19.8 Å².